The highest BCUT2D eigenvalue weighted by Gasteiger charge is 1.90. The van der Waals surface area contributed by atoms with E-state index >= 15 is 0 Å². The van der Waals surface area contributed by atoms with Crippen molar-refractivity contribution in [3.8, 4) is 0 Å². The van der Waals surface area contributed by atoms with Crippen molar-refractivity contribution in [1.82, 2.24) is 5.32 Å². The molecule has 0 saturated heterocycles. The summed E-state index contributed by atoms with van der Waals surface area (Å²) >= 11 is 0. The van der Waals surface area contributed by atoms with E-state index in [9.17, 15) is 0 Å². The zero-order valence-electron chi connectivity index (χ0n) is 6.67. The van der Waals surface area contributed by atoms with Crippen molar-refractivity contribution in [3.05, 3.63) is 36.6 Å². The van der Waals surface area contributed by atoms with E-state index in [0.717, 1.165) is 18.1 Å². The first-order valence-corrected chi connectivity index (χ1v) is 3.59. The second kappa shape index (κ2) is 3.76. The van der Waals surface area contributed by atoms with E-state index in [4.69, 9.17) is 0 Å². The summed E-state index contributed by atoms with van der Waals surface area (Å²) in [6, 6.07) is 0. The lowest BCUT2D eigenvalue weighted by Gasteiger charge is -2.02. The Kier molecular flexibility index (Phi) is 2.66. The third kappa shape index (κ3) is 2.85. The fourth-order valence-corrected chi connectivity index (χ4v) is 0.814. The molecule has 1 N–H and O–H groups in total. The van der Waals surface area contributed by atoms with Crippen molar-refractivity contribution in [2.45, 2.75) is 6.92 Å². The molecule has 0 radical (unpaired) electrons. The minimum atomic E-state index is 0.733. The molecule has 58 valence electrons. The van der Waals surface area contributed by atoms with E-state index < -0.39 is 0 Å². The Morgan fingerprint density at radius 2 is 2.36 bits per heavy atom. The molecule has 1 aliphatic rings. The van der Waals surface area contributed by atoms with Crippen LogP contribution in [0.2, 0.25) is 0 Å². The molecule has 0 unspecified atom stereocenters. The van der Waals surface area contributed by atoms with Gasteiger partial charge in [-0.1, -0.05) is 24.8 Å². The van der Waals surface area contributed by atoms with Gasteiger partial charge < -0.3 is 5.32 Å². The third-order valence-corrected chi connectivity index (χ3v) is 1.32. The number of amidine groups is 1. The van der Waals surface area contributed by atoms with Crippen LogP contribution in [0.5, 0.6) is 0 Å². The van der Waals surface area contributed by atoms with Crippen LogP contribution in [-0.2, 0) is 0 Å². The van der Waals surface area contributed by atoms with Gasteiger partial charge in [0, 0.05) is 5.70 Å². The molecular weight excluding hydrogens is 136 g/mol. The SMILES string of the molecule is C=C1/C=C\C=C/CN=C(C)N1. The van der Waals surface area contributed by atoms with Crippen LogP contribution in [0.3, 0.4) is 0 Å². The highest BCUT2D eigenvalue weighted by molar-refractivity contribution is 5.81. The molecule has 2 heteroatoms. The summed E-state index contributed by atoms with van der Waals surface area (Å²) in [4.78, 5) is 4.21. The highest BCUT2D eigenvalue weighted by Crippen LogP contribution is 1.92. The first kappa shape index (κ1) is 7.79. The summed E-state index contributed by atoms with van der Waals surface area (Å²) in [7, 11) is 0. The molecule has 1 rings (SSSR count). The van der Waals surface area contributed by atoms with Crippen LogP contribution in [0.25, 0.3) is 0 Å². The molecule has 0 aromatic heterocycles. The van der Waals surface area contributed by atoms with E-state index in [-0.39, 0.29) is 0 Å². The zero-order valence-corrected chi connectivity index (χ0v) is 6.67. The fraction of sp³-hybridized carbons (Fsp3) is 0.222. The molecule has 2 nitrogen and oxygen atoms in total. The summed E-state index contributed by atoms with van der Waals surface area (Å²) in [5.74, 6) is 0.909. The molecule has 0 aliphatic carbocycles. The lowest BCUT2D eigenvalue weighted by Crippen LogP contribution is -2.17. The summed E-state index contributed by atoms with van der Waals surface area (Å²) in [6.45, 7) is 6.46. The molecule has 0 aromatic carbocycles. The average molecular weight is 148 g/mol. The lowest BCUT2D eigenvalue weighted by atomic mass is 10.4. The average Bonchev–Trinajstić information content (AvgIpc) is 2.02. The van der Waals surface area contributed by atoms with Gasteiger partial charge in [0.2, 0.25) is 0 Å². The molecular formula is C9H12N2. The Morgan fingerprint density at radius 1 is 1.55 bits per heavy atom. The van der Waals surface area contributed by atoms with Gasteiger partial charge in [-0.2, -0.15) is 0 Å². The van der Waals surface area contributed by atoms with Crippen LogP contribution in [0, 0.1) is 0 Å². The Bertz CT molecular complexity index is 234. The molecule has 1 aliphatic heterocycles. The topological polar surface area (TPSA) is 24.4 Å². The van der Waals surface area contributed by atoms with E-state index in [0.29, 0.717) is 0 Å². The van der Waals surface area contributed by atoms with E-state index in [1.54, 1.807) is 0 Å². The highest BCUT2D eigenvalue weighted by atomic mass is 15.0. The maximum absolute atomic E-state index is 4.21. The minimum Gasteiger partial charge on any atom is -0.345 e. The van der Waals surface area contributed by atoms with Crippen molar-refractivity contribution < 1.29 is 0 Å². The van der Waals surface area contributed by atoms with Crippen molar-refractivity contribution in [1.29, 1.82) is 0 Å². The second-order valence-electron chi connectivity index (χ2n) is 2.36. The monoisotopic (exact) mass is 148 g/mol. The number of hydrogen-bond donors (Lipinski definition) is 1. The molecule has 0 atom stereocenters. The summed E-state index contributed by atoms with van der Waals surface area (Å²) in [6.07, 6.45) is 7.83. The molecule has 0 saturated carbocycles. The number of allylic oxidation sites excluding steroid dienone is 3. The normalized spacial score (nSPS) is 23.7. The number of nitrogens with one attached hydrogen (secondary N) is 1. The van der Waals surface area contributed by atoms with Crippen molar-refractivity contribution in [2.24, 2.45) is 4.99 Å². The van der Waals surface area contributed by atoms with Crippen LogP contribution >= 0.6 is 0 Å². The Morgan fingerprint density at radius 3 is 3.18 bits per heavy atom. The van der Waals surface area contributed by atoms with Crippen LogP contribution in [0.4, 0.5) is 0 Å². The lowest BCUT2D eigenvalue weighted by molar-refractivity contribution is 1.12. The Hall–Kier alpha value is -1.31. The first-order chi connectivity index (χ1) is 5.29. The number of aliphatic imine (C=N–C) groups is 1. The molecule has 0 aromatic rings. The molecule has 0 amide bonds. The smallest absolute Gasteiger partial charge is 0.0979 e. The standard InChI is InChI=1S/C9H12N2/c1-8-6-4-3-5-7-10-9(2)11-8/h3-6H,1,7H2,2H3,(H,10,11)/b5-3-,6-4-. The summed E-state index contributed by atoms with van der Waals surface area (Å²) in [5.41, 5.74) is 0.873. The van der Waals surface area contributed by atoms with Crippen LogP contribution in [0.1, 0.15) is 6.92 Å². The van der Waals surface area contributed by atoms with Gasteiger partial charge in [-0.05, 0) is 13.0 Å². The number of hydrogen-bond acceptors (Lipinski definition) is 2. The molecule has 0 bridgehead atoms. The van der Waals surface area contributed by atoms with Gasteiger partial charge in [0.05, 0.1) is 12.4 Å². The third-order valence-electron chi connectivity index (χ3n) is 1.32. The van der Waals surface area contributed by atoms with E-state index in [2.05, 4.69) is 16.9 Å². The van der Waals surface area contributed by atoms with Gasteiger partial charge in [-0.3, -0.25) is 4.99 Å². The van der Waals surface area contributed by atoms with Crippen LogP contribution < -0.4 is 5.32 Å². The van der Waals surface area contributed by atoms with Gasteiger partial charge in [-0.25, -0.2) is 0 Å². The van der Waals surface area contributed by atoms with Crippen molar-refractivity contribution in [2.75, 3.05) is 6.54 Å². The predicted molar refractivity (Wildman–Crippen MR) is 48.5 cm³/mol. The van der Waals surface area contributed by atoms with Gasteiger partial charge >= 0.3 is 0 Å². The largest absolute Gasteiger partial charge is 0.345 e. The van der Waals surface area contributed by atoms with Gasteiger partial charge in [-0.15, -0.1) is 0 Å². The first-order valence-electron chi connectivity index (χ1n) is 3.59. The quantitative estimate of drug-likeness (QED) is 0.554. The fourth-order valence-electron chi connectivity index (χ4n) is 0.814. The maximum atomic E-state index is 4.21. The number of nitrogens with zero attached hydrogens (tertiary/aromatic N) is 1. The van der Waals surface area contributed by atoms with E-state index in [1.165, 1.54) is 0 Å². The summed E-state index contributed by atoms with van der Waals surface area (Å²) < 4.78 is 0. The predicted octanol–water partition coefficient (Wildman–Crippen LogP) is 1.63. The number of rotatable bonds is 0. The van der Waals surface area contributed by atoms with Gasteiger partial charge in [0.15, 0.2) is 0 Å². The van der Waals surface area contributed by atoms with E-state index in [1.807, 2.05) is 31.2 Å². The molecule has 0 spiro atoms. The molecule has 11 heavy (non-hydrogen) atoms. The second-order valence-corrected chi connectivity index (χ2v) is 2.36. The van der Waals surface area contributed by atoms with Crippen molar-refractivity contribution >= 4 is 5.84 Å². The minimum absolute atomic E-state index is 0.733. The van der Waals surface area contributed by atoms with Crippen LogP contribution in [-0.4, -0.2) is 12.4 Å². The van der Waals surface area contributed by atoms with Gasteiger partial charge in [0.1, 0.15) is 0 Å². The summed E-state index contributed by atoms with van der Waals surface area (Å²) in [5, 5.41) is 3.05. The maximum Gasteiger partial charge on any atom is 0.0979 e. The van der Waals surface area contributed by atoms with Crippen molar-refractivity contribution in [3.63, 3.8) is 0 Å². The Labute approximate surface area is 67.0 Å². The Balaban J connectivity index is 2.73. The zero-order chi connectivity index (χ0) is 8.10. The molecule has 0 fully saturated rings. The molecule has 1 heterocycles. The van der Waals surface area contributed by atoms with Gasteiger partial charge in [0.25, 0.3) is 0 Å². The van der Waals surface area contributed by atoms with Crippen LogP contribution in [0.15, 0.2) is 41.6 Å².